The van der Waals surface area contributed by atoms with Crippen molar-refractivity contribution in [3.63, 3.8) is 0 Å². The number of amides is 1. The van der Waals surface area contributed by atoms with Gasteiger partial charge in [0.25, 0.3) is 0 Å². The van der Waals surface area contributed by atoms with Crippen molar-refractivity contribution in [3.05, 3.63) is 0 Å². The van der Waals surface area contributed by atoms with Crippen LogP contribution in [0.2, 0.25) is 0 Å². The third-order valence-electron chi connectivity index (χ3n) is 5.04. The molecule has 2 atom stereocenters. The second-order valence-electron chi connectivity index (χ2n) is 6.22. The van der Waals surface area contributed by atoms with E-state index in [1.165, 1.54) is 19.3 Å². The van der Waals surface area contributed by atoms with E-state index in [0.29, 0.717) is 5.91 Å². The highest BCUT2D eigenvalue weighted by Crippen LogP contribution is 2.28. The first-order valence-electron chi connectivity index (χ1n) is 7.52. The van der Waals surface area contributed by atoms with Gasteiger partial charge in [0.05, 0.1) is 0 Å². The average Bonchev–Trinajstić information content (AvgIpc) is 2.74. The Bertz CT molecular complexity index is 308. The number of rotatable bonds is 2. The van der Waals surface area contributed by atoms with E-state index in [-0.39, 0.29) is 12.0 Å². The van der Waals surface area contributed by atoms with Crippen molar-refractivity contribution in [1.82, 2.24) is 9.80 Å². The smallest absolute Gasteiger partial charge is 0.225 e. The Labute approximate surface area is 109 Å². The molecular weight excluding hydrogens is 226 g/mol. The summed E-state index contributed by atoms with van der Waals surface area (Å²) < 4.78 is 0. The molecule has 2 saturated carbocycles. The molecule has 2 unspecified atom stereocenters. The molecule has 2 aliphatic carbocycles. The first-order chi connectivity index (χ1) is 8.74. The fourth-order valence-corrected chi connectivity index (χ4v) is 3.56. The summed E-state index contributed by atoms with van der Waals surface area (Å²) in [4.78, 5) is 17.0. The summed E-state index contributed by atoms with van der Waals surface area (Å²) in [6, 6.07) is 1.08. The first kappa shape index (κ1) is 12.4. The SMILES string of the molecule is NC1CCC(C(=O)N2CCN(C3CCC3)CC2)C1. The molecular formula is C14H25N3O. The molecule has 4 nitrogen and oxygen atoms in total. The lowest BCUT2D eigenvalue weighted by atomic mass is 9.91. The van der Waals surface area contributed by atoms with Crippen molar-refractivity contribution in [1.29, 1.82) is 0 Å². The van der Waals surface area contributed by atoms with E-state index >= 15 is 0 Å². The lowest BCUT2D eigenvalue weighted by Crippen LogP contribution is -2.54. The zero-order chi connectivity index (χ0) is 12.5. The Kier molecular flexibility index (Phi) is 3.57. The maximum absolute atomic E-state index is 12.4. The van der Waals surface area contributed by atoms with Gasteiger partial charge in [-0.25, -0.2) is 0 Å². The molecule has 0 spiro atoms. The molecule has 1 aliphatic heterocycles. The van der Waals surface area contributed by atoms with Crippen molar-refractivity contribution in [2.24, 2.45) is 11.7 Å². The Morgan fingerprint density at radius 1 is 1.00 bits per heavy atom. The number of hydrogen-bond acceptors (Lipinski definition) is 3. The second-order valence-corrected chi connectivity index (χ2v) is 6.22. The van der Waals surface area contributed by atoms with Crippen molar-refractivity contribution in [3.8, 4) is 0 Å². The number of carbonyl (C=O) groups excluding carboxylic acids is 1. The van der Waals surface area contributed by atoms with Crippen molar-refractivity contribution < 1.29 is 4.79 Å². The third kappa shape index (κ3) is 2.41. The largest absolute Gasteiger partial charge is 0.340 e. The highest BCUT2D eigenvalue weighted by Gasteiger charge is 2.34. The summed E-state index contributed by atoms with van der Waals surface area (Å²) in [5.74, 6) is 0.589. The van der Waals surface area contributed by atoms with Crippen LogP contribution in [0.25, 0.3) is 0 Å². The Morgan fingerprint density at radius 3 is 2.22 bits per heavy atom. The van der Waals surface area contributed by atoms with Gasteiger partial charge in [-0.3, -0.25) is 9.69 Å². The van der Waals surface area contributed by atoms with Crippen LogP contribution in [-0.2, 0) is 4.79 Å². The first-order valence-corrected chi connectivity index (χ1v) is 7.52. The monoisotopic (exact) mass is 251 g/mol. The number of carbonyl (C=O) groups is 1. The van der Waals surface area contributed by atoms with E-state index < -0.39 is 0 Å². The summed E-state index contributed by atoms with van der Waals surface area (Å²) in [6.07, 6.45) is 7.06. The molecule has 2 N–H and O–H groups in total. The minimum atomic E-state index is 0.218. The highest BCUT2D eigenvalue weighted by molar-refractivity contribution is 5.79. The van der Waals surface area contributed by atoms with Crippen LogP contribution in [-0.4, -0.2) is 54.0 Å². The average molecular weight is 251 g/mol. The van der Waals surface area contributed by atoms with Gasteiger partial charge in [0.15, 0.2) is 0 Å². The zero-order valence-electron chi connectivity index (χ0n) is 11.2. The predicted octanol–water partition coefficient (Wildman–Crippen LogP) is 0.810. The van der Waals surface area contributed by atoms with Crippen LogP contribution in [0.4, 0.5) is 0 Å². The van der Waals surface area contributed by atoms with Gasteiger partial charge in [-0.05, 0) is 32.1 Å². The van der Waals surface area contributed by atoms with E-state index in [4.69, 9.17) is 5.73 Å². The molecule has 0 aromatic carbocycles. The van der Waals surface area contributed by atoms with Crippen LogP contribution in [0, 0.1) is 5.92 Å². The van der Waals surface area contributed by atoms with Crippen molar-refractivity contribution >= 4 is 5.91 Å². The molecule has 102 valence electrons. The molecule has 3 rings (SSSR count). The minimum Gasteiger partial charge on any atom is -0.340 e. The fraction of sp³-hybridized carbons (Fsp3) is 0.929. The molecule has 0 bridgehead atoms. The van der Waals surface area contributed by atoms with Crippen LogP contribution < -0.4 is 5.73 Å². The highest BCUT2D eigenvalue weighted by atomic mass is 16.2. The Balaban J connectivity index is 1.48. The van der Waals surface area contributed by atoms with Gasteiger partial charge in [-0.2, -0.15) is 0 Å². The zero-order valence-corrected chi connectivity index (χ0v) is 11.2. The summed E-state index contributed by atoms with van der Waals surface area (Å²) in [6.45, 7) is 4.02. The molecule has 1 heterocycles. The number of nitrogens with zero attached hydrogens (tertiary/aromatic N) is 2. The normalized spacial score (nSPS) is 34.6. The van der Waals surface area contributed by atoms with Crippen LogP contribution >= 0.6 is 0 Å². The summed E-state index contributed by atoms with van der Waals surface area (Å²) in [7, 11) is 0. The number of hydrogen-bond donors (Lipinski definition) is 1. The van der Waals surface area contributed by atoms with Crippen molar-refractivity contribution in [2.45, 2.75) is 50.6 Å². The van der Waals surface area contributed by atoms with E-state index in [2.05, 4.69) is 9.80 Å². The molecule has 1 saturated heterocycles. The van der Waals surface area contributed by atoms with Crippen LogP contribution in [0.5, 0.6) is 0 Å². The van der Waals surface area contributed by atoms with Crippen molar-refractivity contribution in [2.75, 3.05) is 26.2 Å². The number of nitrogens with two attached hydrogens (primary N) is 1. The van der Waals surface area contributed by atoms with Crippen LogP contribution in [0.15, 0.2) is 0 Å². The number of piperazine rings is 1. The van der Waals surface area contributed by atoms with Gasteiger partial charge < -0.3 is 10.6 Å². The lowest BCUT2D eigenvalue weighted by Gasteiger charge is -2.43. The molecule has 0 aromatic rings. The lowest BCUT2D eigenvalue weighted by molar-refractivity contribution is -0.137. The second kappa shape index (κ2) is 5.17. The van der Waals surface area contributed by atoms with Gasteiger partial charge in [0.1, 0.15) is 0 Å². The summed E-state index contributed by atoms with van der Waals surface area (Å²) in [5.41, 5.74) is 5.90. The molecule has 18 heavy (non-hydrogen) atoms. The summed E-state index contributed by atoms with van der Waals surface area (Å²) in [5, 5.41) is 0. The molecule has 0 aromatic heterocycles. The Morgan fingerprint density at radius 2 is 1.72 bits per heavy atom. The van der Waals surface area contributed by atoms with Gasteiger partial charge >= 0.3 is 0 Å². The molecule has 3 fully saturated rings. The van der Waals surface area contributed by atoms with Gasteiger partial charge in [-0.1, -0.05) is 6.42 Å². The predicted molar refractivity (Wildman–Crippen MR) is 71.1 cm³/mol. The third-order valence-corrected chi connectivity index (χ3v) is 5.04. The molecule has 4 heteroatoms. The quantitative estimate of drug-likeness (QED) is 0.790. The van der Waals surface area contributed by atoms with Gasteiger partial charge in [0, 0.05) is 44.2 Å². The molecule has 3 aliphatic rings. The van der Waals surface area contributed by atoms with E-state index in [9.17, 15) is 4.79 Å². The maximum Gasteiger partial charge on any atom is 0.225 e. The minimum absolute atomic E-state index is 0.218. The molecule has 0 radical (unpaired) electrons. The molecule has 1 amide bonds. The standard InChI is InChI=1S/C14H25N3O/c15-12-5-4-11(10-12)14(18)17-8-6-16(7-9-17)13-2-1-3-13/h11-13H,1-10,15H2. The maximum atomic E-state index is 12.4. The van der Waals surface area contributed by atoms with Gasteiger partial charge in [-0.15, -0.1) is 0 Å². The van der Waals surface area contributed by atoms with E-state index in [1.807, 2.05) is 0 Å². The van der Waals surface area contributed by atoms with Crippen LogP contribution in [0.1, 0.15) is 38.5 Å². The van der Waals surface area contributed by atoms with Gasteiger partial charge in [0.2, 0.25) is 5.91 Å². The Hall–Kier alpha value is -0.610. The van der Waals surface area contributed by atoms with E-state index in [1.54, 1.807) is 0 Å². The topological polar surface area (TPSA) is 49.6 Å². The summed E-state index contributed by atoms with van der Waals surface area (Å²) >= 11 is 0. The fourth-order valence-electron chi connectivity index (χ4n) is 3.56. The van der Waals surface area contributed by atoms with E-state index in [0.717, 1.165) is 51.5 Å². The van der Waals surface area contributed by atoms with Crippen LogP contribution in [0.3, 0.4) is 0 Å².